The minimum absolute atomic E-state index is 0.0142. The first kappa shape index (κ1) is 10.8. The van der Waals surface area contributed by atoms with Crippen LogP contribution >= 0.6 is 0 Å². The molecule has 4 nitrogen and oxygen atoms in total. The van der Waals surface area contributed by atoms with Gasteiger partial charge in [-0.2, -0.15) is 0 Å². The molecule has 1 aromatic heterocycles. The minimum atomic E-state index is 0.0142. The summed E-state index contributed by atoms with van der Waals surface area (Å²) in [6.07, 6.45) is 3.48. The first-order valence-corrected chi connectivity index (χ1v) is 5.34. The van der Waals surface area contributed by atoms with Crippen molar-refractivity contribution in [2.45, 2.75) is 13.5 Å². The zero-order valence-electron chi connectivity index (χ0n) is 9.29. The molecule has 0 bridgehead atoms. The van der Waals surface area contributed by atoms with Gasteiger partial charge in [-0.05, 0) is 24.1 Å². The SMILES string of the molecule is CC(C(=O)NCc1cccnc1)=C1CNC1. The molecule has 1 fully saturated rings. The molecule has 0 atom stereocenters. The normalized spacial score (nSPS) is 14.2. The quantitative estimate of drug-likeness (QED) is 0.730. The highest BCUT2D eigenvalue weighted by molar-refractivity contribution is 5.93. The fourth-order valence-corrected chi connectivity index (χ4v) is 1.49. The number of rotatable bonds is 3. The lowest BCUT2D eigenvalue weighted by atomic mass is 10.0. The maximum absolute atomic E-state index is 11.7. The summed E-state index contributed by atoms with van der Waals surface area (Å²) in [6, 6.07) is 3.81. The average molecular weight is 217 g/mol. The Balaban J connectivity index is 1.89. The molecular weight excluding hydrogens is 202 g/mol. The summed E-state index contributed by atoms with van der Waals surface area (Å²) in [6.45, 7) is 4.08. The van der Waals surface area contributed by atoms with Crippen molar-refractivity contribution in [3.63, 3.8) is 0 Å². The van der Waals surface area contributed by atoms with Gasteiger partial charge in [-0.1, -0.05) is 6.07 Å². The van der Waals surface area contributed by atoms with Crippen molar-refractivity contribution in [2.24, 2.45) is 0 Å². The minimum Gasteiger partial charge on any atom is -0.348 e. The Kier molecular flexibility index (Phi) is 3.31. The third kappa shape index (κ3) is 2.46. The topological polar surface area (TPSA) is 54.0 Å². The van der Waals surface area contributed by atoms with Crippen molar-refractivity contribution in [3.05, 3.63) is 41.2 Å². The van der Waals surface area contributed by atoms with E-state index in [1.807, 2.05) is 19.1 Å². The third-order valence-corrected chi connectivity index (χ3v) is 2.72. The number of pyridine rings is 1. The van der Waals surface area contributed by atoms with Gasteiger partial charge in [0.15, 0.2) is 0 Å². The predicted octanol–water partition coefficient (Wildman–Crippen LogP) is 0.617. The van der Waals surface area contributed by atoms with Gasteiger partial charge in [0.2, 0.25) is 5.91 Å². The summed E-state index contributed by atoms with van der Waals surface area (Å²) in [5, 5.41) is 6.01. The smallest absolute Gasteiger partial charge is 0.247 e. The lowest BCUT2D eigenvalue weighted by Gasteiger charge is -2.21. The van der Waals surface area contributed by atoms with Gasteiger partial charge in [-0.25, -0.2) is 0 Å². The van der Waals surface area contributed by atoms with Gasteiger partial charge in [0.05, 0.1) is 0 Å². The van der Waals surface area contributed by atoms with E-state index in [0.717, 1.165) is 24.2 Å². The van der Waals surface area contributed by atoms with Crippen LogP contribution in [-0.4, -0.2) is 24.0 Å². The number of carbonyl (C=O) groups excluding carboxylic acids is 1. The fraction of sp³-hybridized carbons (Fsp3) is 0.333. The molecule has 16 heavy (non-hydrogen) atoms. The largest absolute Gasteiger partial charge is 0.348 e. The molecule has 0 unspecified atom stereocenters. The molecule has 1 saturated heterocycles. The van der Waals surface area contributed by atoms with Crippen LogP contribution in [0.15, 0.2) is 35.7 Å². The molecule has 0 aliphatic carbocycles. The zero-order valence-corrected chi connectivity index (χ0v) is 9.29. The van der Waals surface area contributed by atoms with Gasteiger partial charge in [0.25, 0.3) is 0 Å². The molecule has 0 aromatic carbocycles. The lowest BCUT2D eigenvalue weighted by Crippen LogP contribution is -2.37. The third-order valence-electron chi connectivity index (χ3n) is 2.72. The van der Waals surface area contributed by atoms with Gasteiger partial charge in [0, 0.05) is 37.6 Å². The highest BCUT2D eigenvalue weighted by atomic mass is 16.1. The monoisotopic (exact) mass is 217 g/mol. The van der Waals surface area contributed by atoms with Crippen molar-refractivity contribution >= 4 is 5.91 Å². The maximum atomic E-state index is 11.7. The second-order valence-corrected chi connectivity index (χ2v) is 3.88. The number of nitrogens with one attached hydrogen (secondary N) is 2. The van der Waals surface area contributed by atoms with Crippen molar-refractivity contribution in [1.29, 1.82) is 0 Å². The summed E-state index contributed by atoms with van der Waals surface area (Å²) >= 11 is 0. The summed E-state index contributed by atoms with van der Waals surface area (Å²) in [7, 11) is 0. The summed E-state index contributed by atoms with van der Waals surface area (Å²) in [5.74, 6) is 0.0142. The molecule has 2 heterocycles. The second kappa shape index (κ2) is 4.90. The van der Waals surface area contributed by atoms with E-state index >= 15 is 0 Å². The van der Waals surface area contributed by atoms with E-state index < -0.39 is 0 Å². The second-order valence-electron chi connectivity index (χ2n) is 3.88. The van der Waals surface area contributed by atoms with Crippen LogP contribution in [0.1, 0.15) is 12.5 Å². The Morgan fingerprint density at radius 1 is 1.56 bits per heavy atom. The Hall–Kier alpha value is -1.68. The molecular formula is C12H15N3O. The predicted molar refractivity (Wildman–Crippen MR) is 61.7 cm³/mol. The van der Waals surface area contributed by atoms with E-state index in [1.165, 1.54) is 5.57 Å². The van der Waals surface area contributed by atoms with Crippen molar-refractivity contribution < 1.29 is 4.79 Å². The van der Waals surface area contributed by atoms with E-state index in [-0.39, 0.29) is 5.91 Å². The van der Waals surface area contributed by atoms with Gasteiger partial charge in [-0.3, -0.25) is 9.78 Å². The number of nitrogens with zero attached hydrogens (tertiary/aromatic N) is 1. The van der Waals surface area contributed by atoms with Gasteiger partial charge in [-0.15, -0.1) is 0 Å². The van der Waals surface area contributed by atoms with Crippen LogP contribution in [-0.2, 0) is 11.3 Å². The van der Waals surface area contributed by atoms with Gasteiger partial charge >= 0.3 is 0 Å². The molecule has 1 aliphatic heterocycles. The molecule has 84 valence electrons. The standard InChI is InChI=1S/C12H15N3O/c1-9(11-7-14-8-11)12(16)15-6-10-3-2-4-13-5-10/h2-5,14H,6-8H2,1H3,(H,15,16). The van der Waals surface area contributed by atoms with Crippen LogP contribution in [0.4, 0.5) is 0 Å². The number of hydrogen-bond acceptors (Lipinski definition) is 3. The van der Waals surface area contributed by atoms with Gasteiger partial charge < -0.3 is 10.6 Å². The number of carbonyl (C=O) groups is 1. The zero-order chi connectivity index (χ0) is 11.4. The summed E-state index contributed by atoms with van der Waals surface area (Å²) < 4.78 is 0. The van der Waals surface area contributed by atoms with Crippen molar-refractivity contribution in [2.75, 3.05) is 13.1 Å². The lowest BCUT2D eigenvalue weighted by molar-refractivity contribution is -0.117. The maximum Gasteiger partial charge on any atom is 0.247 e. The molecule has 2 rings (SSSR count). The number of aromatic nitrogens is 1. The highest BCUT2D eigenvalue weighted by Gasteiger charge is 2.15. The van der Waals surface area contributed by atoms with Gasteiger partial charge in [0.1, 0.15) is 0 Å². The van der Waals surface area contributed by atoms with Crippen LogP contribution in [0.3, 0.4) is 0 Å². The Morgan fingerprint density at radius 3 is 2.94 bits per heavy atom. The van der Waals surface area contributed by atoms with E-state index in [9.17, 15) is 4.79 Å². The molecule has 0 radical (unpaired) electrons. The van der Waals surface area contributed by atoms with Crippen molar-refractivity contribution in [1.82, 2.24) is 15.6 Å². The average Bonchev–Trinajstić information content (AvgIpc) is 2.25. The van der Waals surface area contributed by atoms with Crippen LogP contribution in [0.5, 0.6) is 0 Å². The molecule has 1 aromatic rings. The Bertz CT molecular complexity index is 406. The summed E-state index contributed by atoms with van der Waals surface area (Å²) in [5.41, 5.74) is 3.05. The Morgan fingerprint density at radius 2 is 2.38 bits per heavy atom. The Labute approximate surface area is 94.8 Å². The summed E-state index contributed by atoms with van der Waals surface area (Å²) in [4.78, 5) is 15.7. The van der Waals surface area contributed by atoms with E-state index in [2.05, 4.69) is 15.6 Å². The molecule has 1 aliphatic rings. The van der Waals surface area contributed by atoms with Crippen LogP contribution in [0.2, 0.25) is 0 Å². The van der Waals surface area contributed by atoms with E-state index in [0.29, 0.717) is 6.54 Å². The molecule has 4 heteroatoms. The van der Waals surface area contributed by atoms with E-state index in [4.69, 9.17) is 0 Å². The molecule has 1 amide bonds. The van der Waals surface area contributed by atoms with Crippen LogP contribution in [0, 0.1) is 0 Å². The van der Waals surface area contributed by atoms with Crippen LogP contribution in [0.25, 0.3) is 0 Å². The first-order valence-electron chi connectivity index (χ1n) is 5.34. The molecule has 0 spiro atoms. The number of hydrogen-bond donors (Lipinski definition) is 2. The number of amides is 1. The fourth-order valence-electron chi connectivity index (χ4n) is 1.49. The molecule has 0 saturated carbocycles. The highest BCUT2D eigenvalue weighted by Crippen LogP contribution is 2.08. The van der Waals surface area contributed by atoms with Crippen LogP contribution < -0.4 is 10.6 Å². The van der Waals surface area contributed by atoms with E-state index in [1.54, 1.807) is 12.4 Å². The first-order chi connectivity index (χ1) is 7.77. The molecule has 2 N–H and O–H groups in total. The van der Waals surface area contributed by atoms with Crippen molar-refractivity contribution in [3.8, 4) is 0 Å².